The minimum Gasteiger partial charge on any atom is -0.491 e. The van der Waals surface area contributed by atoms with Gasteiger partial charge in [-0.3, -0.25) is 0 Å². The van der Waals surface area contributed by atoms with E-state index in [4.69, 9.17) is 9.47 Å². The molecule has 1 aromatic rings. The Kier molecular flexibility index (Phi) is 10.6. The maximum Gasteiger partial charge on any atom is 0.128 e. The number of nitrogens with one attached hydrogen (secondary N) is 2. The van der Waals surface area contributed by atoms with Gasteiger partial charge in [-0.15, -0.1) is 0 Å². The van der Waals surface area contributed by atoms with Crippen molar-refractivity contribution in [2.24, 2.45) is 0 Å². The molecule has 0 fully saturated rings. The van der Waals surface area contributed by atoms with Gasteiger partial charge in [0.2, 0.25) is 0 Å². The van der Waals surface area contributed by atoms with Crippen LogP contribution >= 0.6 is 0 Å². The third-order valence-electron chi connectivity index (χ3n) is 3.83. The van der Waals surface area contributed by atoms with E-state index in [9.17, 15) is 15.3 Å². The molecule has 0 bridgehead atoms. The van der Waals surface area contributed by atoms with Crippen molar-refractivity contribution in [2.75, 3.05) is 26.3 Å². The molecule has 0 spiro atoms. The Morgan fingerprint density at radius 2 is 1.33 bits per heavy atom. The van der Waals surface area contributed by atoms with E-state index in [-0.39, 0.29) is 19.3 Å². The molecule has 0 aliphatic carbocycles. The van der Waals surface area contributed by atoms with Crippen LogP contribution in [0.4, 0.5) is 0 Å². The summed E-state index contributed by atoms with van der Waals surface area (Å²) in [4.78, 5) is 0. The fraction of sp³-hybridized carbons (Fsp3) is 0.700. The van der Waals surface area contributed by atoms with Crippen molar-refractivity contribution in [1.82, 2.24) is 10.6 Å². The molecule has 7 heteroatoms. The van der Waals surface area contributed by atoms with E-state index in [0.717, 1.165) is 0 Å². The van der Waals surface area contributed by atoms with Crippen LogP contribution < -0.4 is 20.1 Å². The van der Waals surface area contributed by atoms with Gasteiger partial charge < -0.3 is 35.4 Å². The summed E-state index contributed by atoms with van der Waals surface area (Å²) in [6.07, 6.45) is -2.00. The highest BCUT2D eigenvalue weighted by Gasteiger charge is 2.14. The summed E-state index contributed by atoms with van der Waals surface area (Å²) < 4.78 is 11.3. The van der Waals surface area contributed by atoms with E-state index in [1.165, 1.54) is 0 Å². The molecule has 0 aromatic heterocycles. The van der Waals surface area contributed by atoms with Gasteiger partial charge in [-0.05, 0) is 19.1 Å². The number of ether oxygens (including phenoxy) is 2. The molecular weight excluding hydrogens is 348 g/mol. The standard InChI is InChI=1S/C20H36N2O5/c1-13(2)21-9-16(24)11-26-18-6-7-19(15(5)23)20(8-18)27-12-17(25)10-22-14(3)4/h6-8,13-17,21-25H,9-12H2,1-5H3. The summed E-state index contributed by atoms with van der Waals surface area (Å²) in [5.41, 5.74) is 0.619. The van der Waals surface area contributed by atoms with Crippen molar-refractivity contribution in [3.05, 3.63) is 23.8 Å². The van der Waals surface area contributed by atoms with Gasteiger partial charge in [-0.1, -0.05) is 27.7 Å². The van der Waals surface area contributed by atoms with Gasteiger partial charge in [-0.25, -0.2) is 0 Å². The Morgan fingerprint density at radius 1 is 0.815 bits per heavy atom. The fourth-order valence-electron chi connectivity index (χ4n) is 2.31. The molecule has 0 aliphatic rings. The van der Waals surface area contributed by atoms with Crippen molar-refractivity contribution in [3.63, 3.8) is 0 Å². The third kappa shape index (κ3) is 9.93. The normalized spacial score (nSPS) is 15.0. The summed E-state index contributed by atoms with van der Waals surface area (Å²) in [5.74, 6) is 0.994. The van der Waals surface area contributed by atoms with Crippen LogP contribution in [0.5, 0.6) is 11.5 Å². The Morgan fingerprint density at radius 3 is 1.81 bits per heavy atom. The second-order valence-electron chi connectivity index (χ2n) is 7.43. The predicted octanol–water partition coefficient (Wildman–Crippen LogP) is 1.22. The highest BCUT2D eigenvalue weighted by Crippen LogP contribution is 2.29. The van der Waals surface area contributed by atoms with Gasteiger partial charge in [0, 0.05) is 36.8 Å². The molecule has 7 nitrogen and oxygen atoms in total. The molecule has 0 radical (unpaired) electrons. The van der Waals surface area contributed by atoms with Crippen LogP contribution in [0, 0.1) is 0 Å². The van der Waals surface area contributed by atoms with Crippen LogP contribution in [-0.4, -0.2) is 65.9 Å². The average molecular weight is 385 g/mol. The fourth-order valence-corrected chi connectivity index (χ4v) is 2.31. The first kappa shape index (κ1) is 23.7. The topological polar surface area (TPSA) is 103 Å². The Labute approximate surface area is 162 Å². The van der Waals surface area contributed by atoms with Crippen LogP contribution in [0.2, 0.25) is 0 Å². The Balaban J connectivity index is 2.65. The number of aliphatic hydroxyl groups excluding tert-OH is 3. The SMILES string of the molecule is CC(C)NCC(O)COc1ccc(C(C)O)c(OCC(O)CNC(C)C)c1. The van der Waals surface area contributed by atoms with E-state index < -0.39 is 18.3 Å². The van der Waals surface area contributed by atoms with Crippen LogP contribution in [0.15, 0.2) is 18.2 Å². The van der Waals surface area contributed by atoms with Gasteiger partial charge in [0.25, 0.3) is 0 Å². The lowest BCUT2D eigenvalue weighted by Crippen LogP contribution is -2.35. The minimum atomic E-state index is -0.708. The second kappa shape index (κ2) is 12.2. The van der Waals surface area contributed by atoms with Crippen molar-refractivity contribution in [1.29, 1.82) is 0 Å². The molecular formula is C20H36N2O5. The summed E-state index contributed by atoms with van der Waals surface area (Å²) in [5, 5.41) is 36.2. The highest BCUT2D eigenvalue weighted by atomic mass is 16.5. The lowest BCUT2D eigenvalue weighted by atomic mass is 10.1. The Hall–Kier alpha value is -1.38. The number of aliphatic hydroxyl groups is 3. The van der Waals surface area contributed by atoms with E-state index in [2.05, 4.69) is 10.6 Å². The quantitative estimate of drug-likeness (QED) is 0.348. The molecule has 0 saturated heterocycles. The largest absolute Gasteiger partial charge is 0.491 e. The van der Waals surface area contributed by atoms with Gasteiger partial charge in [0.15, 0.2) is 0 Å². The lowest BCUT2D eigenvalue weighted by Gasteiger charge is -2.19. The van der Waals surface area contributed by atoms with Gasteiger partial charge >= 0.3 is 0 Å². The first-order chi connectivity index (χ1) is 12.7. The number of hydrogen-bond acceptors (Lipinski definition) is 7. The van der Waals surface area contributed by atoms with Crippen LogP contribution in [-0.2, 0) is 0 Å². The summed E-state index contributed by atoms with van der Waals surface area (Å²) in [6.45, 7) is 10.8. The molecule has 0 saturated carbocycles. The molecule has 5 N–H and O–H groups in total. The molecule has 3 unspecified atom stereocenters. The molecule has 3 atom stereocenters. The van der Waals surface area contributed by atoms with Crippen LogP contribution in [0.25, 0.3) is 0 Å². The summed E-state index contributed by atoms with van der Waals surface area (Å²) in [7, 11) is 0. The predicted molar refractivity (Wildman–Crippen MR) is 106 cm³/mol. The molecule has 0 amide bonds. The third-order valence-corrected chi connectivity index (χ3v) is 3.83. The first-order valence-electron chi connectivity index (χ1n) is 9.59. The smallest absolute Gasteiger partial charge is 0.128 e. The van der Waals surface area contributed by atoms with Crippen LogP contribution in [0.3, 0.4) is 0 Å². The van der Waals surface area contributed by atoms with Crippen molar-refractivity contribution < 1.29 is 24.8 Å². The number of hydrogen-bond donors (Lipinski definition) is 5. The molecule has 27 heavy (non-hydrogen) atoms. The molecule has 0 heterocycles. The molecule has 1 rings (SSSR count). The highest BCUT2D eigenvalue weighted by molar-refractivity contribution is 5.41. The summed E-state index contributed by atoms with van der Waals surface area (Å²) in [6, 6.07) is 5.71. The van der Waals surface area contributed by atoms with Crippen molar-refractivity contribution in [3.8, 4) is 11.5 Å². The minimum absolute atomic E-state index is 0.101. The zero-order chi connectivity index (χ0) is 20.4. The maximum absolute atomic E-state index is 10.0. The van der Waals surface area contributed by atoms with Crippen molar-refractivity contribution in [2.45, 2.75) is 65.0 Å². The van der Waals surface area contributed by atoms with E-state index in [1.807, 2.05) is 27.7 Å². The Bertz CT molecular complexity index is 537. The van der Waals surface area contributed by atoms with E-state index in [0.29, 0.717) is 36.2 Å². The average Bonchev–Trinajstić information content (AvgIpc) is 2.60. The number of rotatable bonds is 13. The van der Waals surface area contributed by atoms with E-state index in [1.54, 1.807) is 25.1 Å². The number of benzene rings is 1. The molecule has 0 aliphatic heterocycles. The van der Waals surface area contributed by atoms with Crippen LogP contribution in [0.1, 0.15) is 46.3 Å². The van der Waals surface area contributed by atoms with Gasteiger partial charge in [0.05, 0.1) is 6.10 Å². The zero-order valence-corrected chi connectivity index (χ0v) is 17.1. The lowest BCUT2D eigenvalue weighted by molar-refractivity contribution is 0.0985. The monoisotopic (exact) mass is 384 g/mol. The van der Waals surface area contributed by atoms with E-state index >= 15 is 0 Å². The second-order valence-corrected chi connectivity index (χ2v) is 7.43. The summed E-state index contributed by atoms with van der Waals surface area (Å²) >= 11 is 0. The van der Waals surface area contributed by atoms with Gasteiger partial charge in [0.1, 0.15) is 36.9 Å². The molecule has 156 valence electrons. The maximum atomic E-state index is 10.0. The zero-order valence-electron chi connectivity index (χ0n) is 17.1. The van der Waals surface area contributed by atoms with Crippen molar-refractivity contribution >= 4 is 0 Å². The first-order valence-corrected chi connectivity index (χ1v) is 9.59. The molecule has 1 aromatic carbocycles. The van der Waals surface area contributed by atoms with Gasteiger partial charge in [-0.2, -0.15) is 0 Å².